The van der Waals surface area contributed by atoms with E-state index in [9.17, 15) is 19.2 Å². The van der Waals surface area contributed by atoms with Crippen LogP contribution in [0, 0.1) is 0 Å². The Morgan fingerprint density at radius 3 is 2.15 bits per heavy atom. The lowest BCUT2D eigenvalue weighted by molar-refractivity contribution is -0.153. The molecule has 6 heteroatoms. The molecule has 0 radical (unpaired) electrons. The van der Waals surface area contributed by atoms with E-state index in [4.69, 9.17) is 4.74 Å². The first-order valence-electron chi connectivity index (χ1n) is 8.48. The third-order valence-electron chi connectivity index (χ3n) is 4.28. The Labute approximate surface area is 156 Å². The zero-order chi connectivity index (χ0) is 19.8. The highest BCUT2D eigenvalue weighted by Gasteiger charge is 2.33. The fraction of sp³-hybridized carbons (Fsp3) is 0.238. The molecule has 1 aliphatic carbocycles. The van der Waals surface area contributed by atoms with E-state index in [1.54, 1.807) is 56.3 Å². The van der Waals surface area contributed by atoms with E-state index < -0.39 is 17.3 Å². The number of hydrogen-bond donors (Lipinski definition) is 1. The molecule has 3 rings (SSSR count). The number of benzene rings is 2. The van der Waals surface area contributed by atoms with Gasteiger partial charge in [-0.05, 0) is 19.9 Å². The molecule has 27 heavy (non-hydrogen) atoms. The van der Waals surface area contributed by atoms with Crippen molar-refractivity contribution in [3.05, 3.63) is 64.7 Å². The van der Waals surface area contributed by atoms with E-state index in [0.29, 0.717) is 27.9 Å². The molecule has 138 valence electrons. The summed E-state index contributed by atoms with van der Waals surface area (Å²) in [6.07, 6.45) is 0. The fourth-order valence-electron chi connectivity index (χ4n) is 3.00. The number of anilines is 1. The van der Waals surface area contributed by atoms with E-state index >= 15 is 0 Å². The van der Waals surface area contributed by atoms with Crippen molar-refractivity contribution in [2.45, 2.75) is 26.3 Å². The summed E-state index contributed by atoms with van der Waals surface area (Å²) in [6.45, 7) is 4.59. The quantitative estimate of drug-likeness (QED) is 0.552. The van der Waals surface area contributed by atoms with Crippen molar-refractivity contribution in [2.24, 2.45) is 0 Å². The summed E-state index contributed by atoms with van der Waals surface area (Å²) >= 11 is 0. The van der Waals surface area contributed by atoms with Gasteiger partial charge in [0.1, 0.15) is 6.61 Å². The van der Waals surface area contributed by atoms with Gasteiger partial charge in [-0.1, -0.05) is 36.4 Å². The van der Waals surface area contributed by atoms with Gasteiger partial charge in [-0.25, -0.2) is 4.79 Å². The van der Waals surface area contributed by atoms with Crippen molar-refractivity contribution >= 4 is 29.0 Å². The Hall–Kier alpha value is -3.28. The summed E-state index contributed by atoms with van der Waals surface area (Å²) in [7, 11) is 0. The summed E-state index contributed by atoms with van der Waals surface area (Å²) in [5, 5.41) is 3.16. The summed E-state index contributed by atoms with van der Waals surface area (Å²) in [5.74, 6) is -2.04. The number of esters is 1. The summed E-state index contributed by atoms with van der Waals surface area (Å²) in [5.41, 5.74) is 1.10. The smallest absolute Gasteiger partial charge is 0.374 e. The van der Waals surface area contributed by atoms with E-state index in [-0.39, 0.29) is 18.2 Å². The van der Waals surface area contributed by atoms with Crippen molar-refractivity contribution in [2.75, 3.05) is 11.9 Å². The average molecular weight is 365 g/mol. The van der Waals surface area contributed by atoms with Crippen LogP contribution in [0.1, 0.15) is 52.6 Å². The monoisotopic (exact) mass is 365 g/mol. The largest absolute Gasteiger partial charge is 0.458 e. The average Bonchev–Trinajstić information content (AvgIpc) is 2.63. The minimum atomic E-state index is -0.917. The Bertz CT molecular complexity index is 974. The van der Waals surface area contributed by atoms with Crippen LogP contribution in [0.25, 0.3) is 0 Å². The van der Waals surface area contributed by atoms with Crippen LogP contribution in [0.15, 0.2) is 42.5 Å². The minimum absolute atomic E-state index is 0.0756. The topological polar surface area (TPSA) is 89.5 Å². The van der Waals surface area contributed by atoms with Gasteiger partial charge in [0, 0.05) is 29.3 Å². The summed E-state index contributed by atoms with van der Waals surface area (Å²) in [6, 6.07) is 11.7. The van der Waals surface area contributed by atoms with Gasteiger partial charge in [-0.15, -0.1) is 0 Å². The van der Waals surface area contributed by atoms with Crippen LogP contribution in [0.5, 0.6) is 0 Å². The highest BCUT2D eigenvalue weighted by Crippen LogP contribution is 2.33. The first kappa shape index (κ1) is 18.5. The maximum atomic E-state index is 13.0. The first-order valence-corrected chi connectivity index (χ1v) is 8.48. The molecular formula is C21H19NO5. The second-order valence-electron chi connectivity index (χ2n) is 7.07. The molecule has 2 aromatic carbocycles. The van der Waals surface area contributed by atoms with Crippen molar-refractivity contribution in [3.63, 3.8) is 0 Å². The van der Waals surface area contributed by atoms with Gasteiger partial charge in [0.25, 0.3) is 0 Å². The number of ether oxygens (including phenoxy) is 1. The molecule has 0 amide bonds. The third kappa shape index (κ3) is 3.51. The lowest BCUT2D eigenvalue weighted by atomic mass is 9.83. The predicted molar refractivity (Wildman–Crippen MR) is 99.1 cm³/mol. The minimum Gasteiger partial charge on any atom is -0.458 e. The Balaban J connectivity index is 1.93. The van der Waals surface area contributed by atoms with Crippen LogP contribution in [0.4, 0.5) is 5.69 Å². The molecule has 0 aromatic heterocycles. The van der Waals surface area contributed by atoms with Gasteiger partial charge < -0.3 is 10.1 Å². The molecule has 2 aromatic rings. The number of rotatable bonds is 5. The van der Waals surface area contributed by atoms with Crippen LogP contribution in [0.2, 0.25) is 0 Å². The second kappa shape index (κ2) is 6.79. The van der Waals surface area contributed by atoms with Gasteiger partial charge >= 0.3 is 5.97 Å². The lowest BCUT2D eigenvalue weighted by Crippen LogP contribution is -2.39. The van der Waals surface area contributed by atoms with Crippen molar-refractivity contribution in [1.82, 2.24) is 0 Å². The number of ketones is 3. The lowest BCUT2D eigenvalue weighted by Gasteiger charge is -2.29. The first-order chi connectivity index (χ1) is 12.7. The number of carbonyl (C=O) groups is 4. The molecule has 0 fully saturated rings. The highest BCUT2D eigenvalue weighted by molar-refractivity contribution is 6.32. The van der Waals surface area contributed by atoms with E-state index in [1.807, 2.05) is 0 Å². The summed E-state index contributed by atoms with van der Waals surface area (Å²) in [4.78, 5) is 48.2. The number of hydrogen-bond acceptors (Lipinski definition) is 6. The molecule has 1 N–H and O–H groups in total. The SMILES string of the molecule is CC(=O)C(=O)OCC(C)(C)Nc1cccc2c1C(=O)c1ccccc1C2=O. The van der Waals surface area contributed by atoms with Crippen LogP contribution in [0.3, 0.4) is 0 Å². The fourth-order valence-corrected chi connectivity index (χ4v) is 3.00. The predicted octanol–water partition coefficient (Wildman–Crippen LogP) is 2.78. The zero-order valence-corrected chi connectivity index (χ0v) is 15.3. The Morgan fingerprint density at radius 1 is 0.926 bits per heavy atom. The Kier molecular flexibility index (Phi) is 4.66. The van der Waals surface area contributed by atoms with Crippen LogP contribution < -0.4 is 5.32 Å². The van der Waals surface area contributed by atoms with Crippen LogP contribution in [-0.4, -0.2) is 35.5 Å². The molecular weight excluding hydrogens is 346 g/mol. The maximum Gasteiger partial charge on any atom is 0.374 e. The van der Waals surface area contributed by atoms with Crippen LogP contribution in [-0.2, 0) is 14.3 Å². The molecule has 0 atom stereocenters. The van der Waals surface area contributed by atoms with Crippen molar-refractivity contribution < 1.29 is 23.9 Å². The van der Waals surface area contributed by atoms with Gasteiger partial charge in [-0.3, -0.25) is 14.4 Å². The molecule has 0 heterocycles. The normalized spacial score (nSPS) is 12.9. The molecule has 0 bridgehead atoms. The van der Waals surface area contributed by atoms with Gasteiger partial charge in [0.15, 0.2) is 11.6 Å². The zero-order valence-electron chi connectivity index (χ0n) is 15.3. The van der Waals surface area contributed by atoms with E-state index in [0.717, 1.165) is 6.92 Å². The number of carbonyl (C=O) groups excluding carboxylic acids is 4. The van der Waals surface area contributed by atoms with Crippen LogP contribution >= 0.6 is 0 Å². The molecule has 0 aliphatic heterocycles. The second-order valence-corrected chi connectivity index (χ2v) is 7.07. The van der Waals surface area contributed by atoms with E-state index in [1.165, 1.54) is 0 Å². The molecule has 0 saturated carbocycles. The molecule has 0 saturated heterocycles. The number of nitrogens with one attached hydrogen (secondary N) is 1. The Morgan fingerprint density at radius 2 is 1.52 bits per heavy atom. The van der Waals surface area contributed by atoms with Crippen molar-refractivity contribution in [1.29, 1.82) is 0 Å². The third-order valence-corrected chi connectivity index (χ3v) is 4.28. The van der Waals surface area contributed by atoms with Gasteiger partial charge in [-0.2, -0.15) is 0 Å². The molecule has 0 unspecified atom stereocenters. The highest BCUT2D eigenvalue weighted by atomic mass is 16.5. The number of fused-ring (bicyclic) bond motifs is 2. The van der Waals surface area contributed by atoms with E-state index in [2.05, 4.69) is 5.32 Å². The summed E-state index contributed by atoms with van der Waals surface area (Å²) < 4.78 is 4.99. The van der Waals surface area contributed by atoms with Gasteiger partial charge in [0.2, 0.25) is 5.78 Å². The van der Waals surface area contributed by atoms with Gasteiger partial charge in [0.05, 0.1) is 11.1 Å². The standard InChI is InChI=1S/C21H19NO5/c1-12(23)20(26)27-11-21(2,3)22-16-10-6-9-15-17(16)19(25)14-8-5-4-7-13(14)18(15)24/h4-10,22H,11H2,1-3H3. The maximum absolute atomic E-state index is 13.0. The van der Waals surface area contributed by atoms with Crippen molar-refractivity contribution in [3.8, 4) is 0 Å². The number of Topliss-reactive ketones (excluding diaryl/α,β-unsaturated/α-hetero) is 1. The molecule has 0 spiro atoms. The molecule has 6 nitrogen and oxygen atoms in total. The molecule has 1 aliphatic rings.